The van der Waals surface area contributed by atoms with Crippen LogP contribution in [0.2, 0.25) is 10.0 Å². The molecule has 0 bridgehead atoms. The van der Waals surface area contributed by atoms with Gasteiger partial charge in [-0.05, 0) is 37.1 Å². The van der Waals surface area contributed by atoms with Crippen LogP contribution >= 0.6 is 23.2 Å². The number of nitrogens with zero attached hydrogens (tertiary/aromatic N) is 1. The molecule has 0 spiro atoms. The lowest BCUT2D eigenvalue weighted by atomic mass is 9.98. The standard InChI is InChI=1S/C15H15Cl2N3O2/c1-6-4-8(16)13(19)11(7(6)2)10-5-9(18)12(17)14(20-10)15(21)22-3/h4-5H,19H2,1-3H3,(H2,18,20). The number of esters is 1. The summed E-state index contributed by atoms with van der Waals surface area (Å²) in [6.45, 7) is 3.80. The number of rotatable bonds is 2. The number of benzene rings is 1. The zero-order valence-corrected chi connectivity index (χ0v) is 13.8. The van der Waals surface area contributed by atoms with Gasteiger partial charge < -0.3 is 16.2 Å². The van der Waals surface area contributed by atoms with E-state index >= 15 is 0 Å². The van der Waals surface area contributed by atoms with Crippen LogP contribution in [0.4, 0.5) is 11.4 Å². The van der Waals surface area contributed by atoms with Crippen LogP contribution in [-0.4, -0.2) is 18.1 Å². The van der Waals surface area contributed by atoms with Gasteiger partial charge in [0.15, 0.2) is 5.69 Å². The Morgan fingerprint density at radius 2 is 1.86 bits per heavy atom. The quantitative estimate of drug-likeness (QED) is 0.643. The number of hydrogen-bond acceptors (Lipinski definition) is 5. The summed E-state index contributed by atoms with van der Waals surface area (Å²) in [5, 5.41) is 0.457. The Labute approximate surface area is 138 Å². The fraction of sp³-hybridized carbons (Fsp3) is 0.200. The number of aryl methyl sites for hydroxylation is 1. The molecule has 0 saturated carbocycles. The number of nitrogen functional groups attached to an aromatic ring is 2. The van der Waals surface area contributed by atoms with Crippen molar-refractivity contribution in [3.8, 4) is 11.3 Å². The summed E-state index contributed by atoms with van der Waals surface area (Å²) in [6.07, 6.45) is 0. The van der Waals surface area contributed by atoms with E-state index in [2.05, 4.69) is 9.72 Å². The van der Waals surface area contributed by atoms with Gasteiger partial charge in [-0.1, -0.05) is 23.2 Å². The molecule has 5 nitrogen and oxygen atoms in total. The Kier molecular flexibility index (Phi) is 4.49. The van der Waals surface area contributed by atoms with E-state index in [0.717, 1.165) is 11.1 Å². The molecule has 0 aliphatic carbocycles. The van der Waals surface area contributed by atoms with E-state index in [4.69, 9.17) is 34.7 Å². The van der Waals surface area contributed by atoms with Crippen LogP contribution in [0.5, 0.6) is 0 Å². The normalized spacial score (nSPS) is 10.6. The van der Waals surface area contributed by atoms with Gasteiger partial charge in [0, 0.05) is 5.56 Å². The Morgan fingerprint density at radius 1 is 1.23 bits per heavy atom. The number of nitrogens with two attached hydrogens (primary N) is 2. The van der Waals surface area contributed by atoms with E-state index in [1.165, 1.54) is 7.11 Å². The summed E-state index contributed by atoms with van der Waals surface area (Å²) in [7, 11) is 1.24. The number of aromatic nitrogens is 1. The maximum atomic E-state index is 11.8. The molecule has 0 saturated heterocycles. The van der Waals surface area contributed by atoms with Gasteiger partial charge in [-0.2, -0.15) is 0 Å². The molecule has 116 valence electrons. The van der Waals surface area contributed by atoms with E-state index in [9.17, 15) is 4.79 Å². The highest BCUT2D eigenvalue weighted by atomic mass is 35.5. The van der Waals surface area contributed by atoms with Gasteiger partial charge in [-0.15, -0.1) is 0 Å². The first-order valence-electron chi connectivity index (χ1n) is 6.37. The van der Waals surface area contributed by atoms with Gasteiger partial charge >= 0.3 is 5.97 Å². The molecule has 2 rings (SSSR count). The lowest BCUT2D eigenvalue weighted by molar-refractivity contribution is 0.0594. The van der Waals surface area contributed by atoms with Gasteiger partial charge in [0.2, 0.25) is 0 Å². The molecule has 0 atom stereocenters. The second-order valence-electron chi connectivity index (χ2n) is 4.84. The molecule has 0 fully saturated rings. The largest absolute Gasteiger partial charge is 0.464 e. The lowest BCUT2D eigenvalue weighted by Gasteiger charge is -2.15. The first kappa shape index (κ1) is 16.4. The summed E-state index contributed by atoms with van der Waals surface area (Å²) in [5.41, 5.74) is 15.4. The summed E-state index contributed by atoms with van der Waals surface area (Å²) >= 11 is 12.2. The predicted octanol–water partition coefficient (Wildman–Crippen LogP) is 3.62. The first-order chi connectivity index (χ1) is 10.3. The molecule has 0 unspecified atom stereocenters. The van der Waals surface area contributed by atoms with E-state index < -0.39 is 5.97 Å². The third kappa shape index (κ3) is 2.69. The number of carbonyl (C=O) groups is 1. The molecule has 1 aromatic carbocycles. The summed E-state index contributed by atoms with van der Waals surface area (Å²) in [6, 6.07) is 3.33. The van der Waals surface area contributed by atoms with Crippen molar-refractivity contribution in [1.82, 2.24) is 4.98 Å². The monoisotopic (exact) mass is 339 g/mol. The zero-order valence-electron chi connectivity index (χ0n) is 12.3. The maximum Gasteiger partial charge on any atom is 0.358 e. The third-order valence-corrected chi connectivity index (χ3v) is 4.17. The highest BCUT2D eigenvalue weighted by Gasteiger charge is 2.20. The molecule has 0 aliphatic heterocycles. The number of carbonyl (C=O) groups excluding carboxylic acids is 1. The molecular weight excluding hydrogens is 325 g/mol. The van der Waals surface area contributed by atoms with Crippen molar-refractivity contribution in [3.05, 3.63) is 39.0 Å². The Bertz CT molecular complexity index is 750. The van der Waals surface area contributed by atoms with E-state index in [-0.39, 0.29) is 16.4 Å². The molecular formula is C15H15Cl2N3O2. The number of halogens is 2. The number of hydrogen-bond donors (Lipinski definition) is 2. The first-order valence-corrected chi connectivity index (χ1v) is 7.13. The van der Waals surface area contributed by atoms with Crippen LogP contribution in [0.25, 0.3) is 11.3 Å². The Balaban J connectivity index is 2.80. The minimum absolute atomic E-state index is 0.0468. The van der Waals surface area contributed by atoms with Crippen LogP contribution in [-0.2, 0) is 4.74 Å². The van der Waals surface area contributed by atoms with E-state index in [1.54, 1.807) is 12.1 Å². The van der Waals surface area contributed by atoms with Crippen LogP contribution in [0.15, 0.2) is 12.1 Å². The predicted molar refractivity (Wildman–Crippen MR) is 89.3 cm³/mol. The second-order valence-corrected chi connectivity index (χ2v) is 5.63. The van der Waals surface area contributed by atoms with E-state index in [1.807, 2.05) is 13.8 Å². The zero-order chi connectivity index (χ0) is 16.6. The molecule has 2 aromatic rings. The maximum absolute atomic E-state index is 11.8. The molecule has 1 aromatic heterocycles. The average molecular weight is 340 g/mol. The number of methoxy groups -OCH3 is 1. The summed E-state index contributed by atoms with van der Waals surface area (Å²) < 4.78 is 4.67. The fourth-order valence-electron chi connectivity index (χ4n) is 2.13. The van der Waals surface area contributed by atoms with Crippen LogP contribution in [0.1, 0.15) is 21.6 Å². The Morgan fingerprint density at radius 3 is 2.45 bits per heavy atom. The van der Waals surface area contributed by atoms with Gasteiger partial charge in [0.1, 0.15) is 0 Å². The van der Waals surface area contributed by atoms with Crippen molar-refractivity contribution < 1.29 is 9.53 Å². The van der Waals surface area contributed by atoms with Crippen LogP contribution in [0.3, 0.4) is 0 Å². The third-order valence-electron chi connectivity index (χ3n) is 3.46. The molecule has 4 N–H and O–H groups in total. The van der Waals surface area contributed by atoms with Crippen molar-refractivity contribution in [3.63, 3.8) is 0 Å². The number of anilines is 2. The molecule has 22 heavy (non-hydrogen) atoms. The van der Waals surface area contributed by atoms with Gasteiger partial charge in [-0.25, -0.2) is 9.78 Å². The Hall–Kier alpha value is -1.98. The SMILES string of the molecule is COC(=O)c1nc(-c2c(C)c(C)cc(Cl)c2N)cc(N)c1Cl. The number of ether oxygens (including phenoxy) is 1. The van der Waals surface area contributed by atoms with Crippen LogP contribution in [0, 0.1) is 13.8 Å². The summed E-state index contributed by atoms with van der Waals surface area (Å²) in [4.78, 5) is 16.0. The molecule has 7 heteroatoms. The summed E-state index contributed by atoms with van der Waals surface area (Å²) in [5.74, 6) is -0.673. The average Bonchev–Trinajstić information content (AvgIpc) is 2.48. The van der Waals surface area contributed by atoms with Gasteiger partial charge in [0.25, 0.3) is 0 Å². The number of pyridine rings is 1. The topological polar surface area (TPSA) is 91.2 Å². The van der Waals surface area contributed by atoms with Crippen molar-refractivity contribution >= 4 is 40.5 Å². The smallest absolute Gasteiger partial charge is 0.358 e. The van der Waals surface area contributed by atoms with Crippen molar-refractivity contribution in [2.24, 2.45) is 0 Å². The lowest BCUT2D eigenvalue weighted by Crippen LogP contribution is -2.09. The second kappa shape index (κ2) is 6.02. The van der Waals surface area contributed by atoms with Crippen molar-refractivity contribution in [2.45, 2.75) is 13.8 Å². The molecule has 0 amide bonds. The highest BCUT2D eigenvalue weighted by Crippen LogP contribution is 2.38. The molecule has 0 radical (unpaired) electrons. The molecule has 0 aliphatic rings. The van der Waals surface area contributed by atoms with Crippen LogP contribution < -0.4 is 11.5 Å². The molecule has 1 heterocycles. The minimum Gasteiger partial charge on any atom is -0.464 e. The van der Waals surface area contributed by atoms with Crippen molar-refractivity contribution in [1.29, 1.82) is 0 Å². The van der Waals surface area contributed by atoms with Gasteiger partial charge in [0.05, 0.1) is 34.2 Å². The highest BCUT2D eigenvalue weighted by molar-refractivity contribution is 6.36. The van der Waals surface area contributed by atoms with E-state index in [0.29, 0.717) is 22.0 Å². The fourth-order valence-corrected chi connectivity index (χ4v) is 2.57. The van der Waals surface area contributed by atoms with Crippen molar-refractivity contribution in [2.75, 3.05) is 18.6 Å². The van der Waals surface area contributed by atoms with Gasteiger partial charge in [-0.3, -0.25) is 0 Å². The minimum atomic E-state index is -0.673.